The molecular formula is C27H28N2O6. The van der Waals surface area contributed by atoms with Crippen LogP contribution in [0.1, 0.15) is 35.7 Å². The van der Waals surface area contributed by atoms with Crippen LogP contribution in [0.25, 0.3) is 0 Å². The molecule has 3 aromatic rings. The second-order valence-corrected chi connectivity index (χ2v) is 7.42. The summed E-state index contributed by atoms with van der Waals surface area (Å²) >= 11 is 0. The molecule has 182 valence electrons. The minimum Gasteiger partial charge on any atom is -0.494 e. The number of amides is 1. The molecule has 0 aliphatic heterocycles. The molecule has 0 aromatic heterocycles. The summed E-state index contributed by atoms with van der Waals surface area (Å²) in [4.78, 5) is 24.3. The van der Waals surface area contributed by atoms with Crippen LogP contribution in [-0.2, 0) is 4.79 Å². The van der Waals surface area contributed by atoms with Crippen LogP contribution < -0.4 is 24.4 Å². The van der Waals surface area contributed by atoms with Gasteiger partial charge in [-0.1, -0.05) is 25.5 Å². The van der Waals surface area contributed by atoms with Crippen LogP contribution in [0.5, 0.6) is 23.0 Å². The predicted molar refractivity (Wildman–Crippen MR) is 132 cm³/mol. The van der Waals surface area contributed by atoms with E-state index in [0.717, 1.165) is 18.6 Å². The van der Waals surface area contributed by atoms with Gasteiger partial charge in [0, 0.05) is 0 Å². The summed E-state index contributed by atoms with van der Waals surface area (Å²) in [5, 5.41) is 3.91. The monoisotopic (exact) mass is 476 g/mol. The second-order valence-electron chi connectivity index (χ2n) is 7.42. The molecule has 3 aromatic carbocycles. The summed E-state index contributed by atoms with van der Waals surface area (Å²) in [6, 6.07) is 20.6. The molecule has 0 spiro atoms. The zero-order valence-corrected chi connectivity index (χ0v) is 19.7. The normalized spacial score (nSPS) is 10.6. The fourth-order valence-electron chi connectivity index (χ4n) is 2.90. The number of carbonyl (C=O) groups is 2. The summed E-state index contributed by atoms with van der Waals surface area (Å²) in [6.07, 6.45) is 3.52. The minimum atomic E-state index is -0.464. The topological polar surface area (TPSA) is 95.5 Å². The van der Waals surface area contributed by atoms with E-state index in [0.29, 0.717) is 35.0 Å². The quantitative estimate of drug-likeness (QED) is 0.135. The molecule has 1 amide bonds. The van der Waals surface area contributed by atoms with Gasteiger partial charge in [-0.2, -0.15) is 5.10 Å². The smallest absolute Gasteiger partial charge is 0.343 e. The second kappa shape index (κ2) is 13.4. The Morgan fingerprint density at radius 2 is 1.57 bits per heavy atom. The van der Waals surface area contributed by atoms with Gasteiger partial charge in [0.2, 0.25) is 0 Å². The number of ether oxygens (including phenoxy) is 4. The number of unbranched alkanes of at least 4 members (excludes halogenated alkanes) is 1. The maximum absolute atomic E-state index is 12.4. The third-order valence-electron chi connectivity index (χ3n) is 4.78. The highest BCUT2D eigenvalue weighted by atomic mass is 16.5. The van der Waals surface area contributed by atoms with Gasteiger partial charge >= 0.3 is 5.97 Å². The lowest BCUT2D eigenvalue weighted by Gasteiger charge is -2.09. The molecule has 0 atom stereocenters. The van der Waals surface area contributed by atoms with Gasteiger partial charge in [0.05, 0.1) is 25.5 Å². The third kappa shape index (κ3) is 8.19. The first-order valence-corrected chi connectivity index (χ1v) is 11.2. The van der Waals surface area contributed by atoms with Crippen molar-refractivity contribution in [3.05, 3.63) is 83.9 Å². The van der Waals surface area contributed by atoms with Gasteiger partial charge in [-0.25, -0.2) is 10.2 Å². The summed E-state index contributed by atoms with van der Waals surface area (Å²) in [7, 11) is 1.53. The van der Waals surface area contributed by atoms with Crippen molar-refractivity contribution >= 4 is 18.1 Å². The van der Waals surface area contributed by atoms with Crippen LogP contribution in [0.3, 0.4) is 0 Å². The summed E-state index contributed by atoms with van der Waals surface area (Å²) in [5.74, 6) is 1.24. The maximum Gasteiger partial charge on any atom is 0.343 e. The van der Waals surface area contributed by atoms with Gasteiger partial charge in [0.15, 0.2) is 18.1 Å². The third-order valence-corrected chi connectivity index (χ3v) is 4.78. The number of hydrogen-bond acceptors (Lipinski definition) is 7. The van der Waals surface area contributed by atoms with Crippen LogP contribution in [0, 0.1) is 0 Å². The molecule has 0 saturated carbocycles. The molecule has 0 fully saturated rings. The Morgan fingerprint density at radius 1 is 0.886 bits per heavy atom. The van der Waals surface area contributed by atoms with E-state index in [2.05, 4.69) is 17.5 Å². The van der Waals surface area contributed by atoms with E-state index in [1.165, 1.54) is 13.3 Å². The largest absolute Gasteiger partial charge is 0.494 e. The number of benzene rings is 3. The van der Waals surface area contributed by atoms with Crippen molar-refractivity contribution in [2.24, 2.45) is 5.10 Å². The molecule has 0 heterocycles. The van der Waals surface area contributed by atoms with Gasteiger partial charge in [0.25, 0.3) is 5.91 Å². The SMILES string of the molecule is CCCCOc1ccc(C(=O)Oc2ccc(C=NNC(=O)COc3ccccc3OC)cc2)cc1. The van der Waals surface area contributed by atoms with Crippen molar-refractivity contribution in [2.45, 2.75) is 19.8 Å². The Morgan fingerprint density at radius 3 is 2.26 bits per heavy atom. The molecule has 0 radical (unpaired) electrons. The zero-order chi connectivity index (χ0) is 24.9. The van der Waals surface area contributed by atoms with Crippen LogP contribution in [-0.4, -0.2) is 38.4 Å². The predicted octanol–water partition coefficient (Wildman–Crippen LogP) is 4.62. The lowest BCUT2D eigenvalue weighted by atomic mass is 10.2. The first kappa shape index (κ1) is 25.3. The molecule has 0 bridgehead atoms. The van der Waals surface area contributed by atoms with Gasteiger partial charge in [-0.3, -0.25) is 4.79 Å². The van der Waals surface area contributed by atoms with E-state index in [4.69, 9.17) is 18.9 Å². The number of carbonyl (C=O) groups excluding carboxylic acids is 2. The van der Waals surface area contributed by atoms with Crippen LogP contribution in [0.4, 0.5) is 0 Å². The number of esters is 1. The van der Waals surface area contributed by atoms with E-state index in [1.807, 2.05) is 6.07 Å². The highest BCUT2D eigenvalue weighted by Gasteiger charge is 2.09. The number of methoxy groups -OCH3 is 1. The van der Waals surface area contributed by atoms with Crippen molar-refractivity contribution in [3.8, 4) is 23.0 Å². The van der Waals surface area contributed by atoms with Crippen LogP contribution in [0.15, 0.2) is 77.9 Å². The van der Waals surface area contributed by atoms with Crippen molar-refractivity contribution in [3.63, 3.8) is 0 Å². The average molecular weight is 477 g/mol. The Hall–Kier alpha value is -4.33. The lowest BCUT2D eigenvalue weighted by Crippen LogP contribution is -2.24. The van der Waals surface area contributed by atoms with Crippen molar-refractivity contribution in [1.82, 2.24) is 5.43 Å². The van der Waals surface area contributed by atoms with E-state index in [9.17, 15) is 9.59 Å². The summed E-state index contributed by atoms with van der Waals surface area (Å²) in [5.41, 5.74) is 3.54. The lowest BCUT2D eigenvalue weighted by molar-refractivity contribution is -0.123. The van der Waals surface area contributed by atoms with Gasteiger partial charge < -0.3 is 18.9 Å². The van der Waals surface area contributed by atoms with Gasteiger partial charge in [-0.05, 0) is 72.6 Å². The molecule has 0 aliphatic carbocycles. The van der Waals surface area contributed by atoms with E-state index in [-0.39, 0.29) is 6.61 Å². The summed E-state index contributed by atoms with van der Waals surface area (Å²) < 4.78 is 21.6. The highest BCUT2D eigenvalue weighted by molar-refractivity contribution is 5.91. The fourth-order valence-corrected chi connectivity index (χ4v) is 2.90. The molecule has 35 heavy (non-hydrogen) atoms. The van der Waals surface area contributed by atoms with E-state index < -0.39 is 11.9 Å². The molecular weight excluding hydrogens is 448 g/mol. The number of hydrogen-bond donors (Lipinski definition) is 1. The average Bonchev–Trinajstić information content (AvgIpc) is 2.89. The molecule has 3 rings (SSSR count). The molecule has 8 nitrogen and oxygen atoms in total. The molecule has 0 aliphatic rings. The van der Waals surface area contributed by atoms with Gasteiger partial charge in [0.1, 0.15) is 11.5 Å². The first-order valence-electron chi connectivity index (χ1n) is 11.2. The molecule has 0 saturated heterocycles. The van der Waals surface area contributed by atoms with E-state index in [1.54, 1.807) is 66.7 Å². The first-order chi connectivity index (χ1) is 17.1. The standard InChI is InChI=1S/C27H28N2O6/c1-3-4-17-33-22-15-11-21(12-16-22)27(31)35-23-13-9-20(10-14-23)18-28-29-26(30)19-34-25-8-6-5-7-24(25)32-2/h5-16,18H,3-4,17,19H2,1-2H3,(H,29,30). The Labute approximate surface area is 204 Å². The molecule has 1 N–H and O–H groups in total. The Kier molecular flexibility index (Phi) is 9.68. The number of rotatable bonds is 12. The van der Waals surface area contributed by atoms with E-state index >= 15 is 0 Å². The van der Waals surface area contributed by atoms with Crippen LogP contribution >= 0.6 is 0 Å². The fraction of sp³-hybridized carbons (Fsp3) is 0.222. The molecule has 8 heteroatoms. The minimum absolute atomic E-state index is 0.210. The maximum atomic E-state index is 12.4. The number of para-hydroxylation sites is 2. The molecule has 0 unspecified atom stereocenters. The number of nitrogens with one attached hydrogen (secondary N) is 1. The number of nitrogens with zero attached hydrogens (tertiary/aromatic N) is 1. The zero-order valence-electron chi connectivity index (χ0n) is 19.7. The van der Waals surface area contributed by atoms with Gasteiger partial charge in [-0.15, -0.1) is 0 Å². The van der Waals surface area contributed by atoms with Crippen molar-refractivity contribution in [2.75, 3.05) is 20.3 Å². The summed E-state index contributed by atoms with van der Waals surface area (Å²) in [6.45, 7) is 2.54. The number of hydrazone groups is 1. The Balaban J connectivity index is 1.44. The van der Waals surface area contributed by atoms with Crippen molar-refractivity contribution in [1.29, 1.82) is 0 Å². The van der Waals surface area contributed by atoms with Crippen LogP contribution in [0.2, 0.25) is 0 Å². The van der Waals surface area contributed by atoms with Crippen molar-refractivity contribution < 1.29 is 28.5 Å². The Bertz CT molecular complexity index is 1130. The highest BCUT2D eigenvalue weighted by Crippen LogP contribution is 2.25.